The van der Waals surface area contributed by atoms with Crippen molar-refractivity contribution < 1.29 is 0 Å². The quantitative estimate of drug-likeness (QED) is 0.886. The van der Waals surface area contributed by atoms with Crippen LogP contribution in [0.15, 0.2) is 12.3 Å². The summed E-state index contributed by atoms with van der Waals surface area (Å²) in [5.41, 5.74) is 6.48. The molecule has 96 valence electrons. The maximum atomic E-state index is 5.62. The van der Waals surface area contributed by atoms with Crippen LogP contribution in [-0.4, -0.2) is 15.0 Å². The van der Waals surface area contributed by atoms with Crippen molar-refractivity contribution in [1.82, 2.24) is 15.0 Å². The van der Waals surface area contributed by atoms with E-state index in [1.165, 1.54) is 4.88 Å². The van der Waals surface area contributed by atoms with Crippen LogP contribution in [0, 0.1) is 6.92 Å². The summed E-state index contributed by atoms with van der Waals surface area (Å²) in [4.78, 5) is 13.9. The molecule has 0 bridgehead atoms. The van der Waals surface area contributed by atoms with Gasteiger partial charge in [-0.25, -0.2) is 9.97 Å². The highest BCUT2D eigenvalue weighted by atomic mass is 32.1. The van der Waals surface area contributed by atoms with Crippen molar-refractivity contribution in [2.24, 2.45) is 0 Å². The van der Waals surface area contributed by atoms with Crippen LogP contribution in [0.3, 0.4) is 0 Å². The predicted molar refractivity (Wildman–Crippen MR) is 74.7 cm³/mol. The maximum Gasteiger partial charge on any atom is 0.222 e. The van der Waals surface area contributed by atoms with E-state index >= 15 is 0 Å². The van der Waals surface area contributed by atoms with Gasteiger partial charge in [0.2, 0.25) is 5.95 Å². The second-order valence-corrected chi connectivity index (χ2v) is 5.28. The van der Waals surface area contributed by atoms with Crippen molar-refractivity contribution in [3.8, 4) is 0 Å². The zero-order valence-electron chi connectivity index (χ0n) is 10.8. The molecule has 0 fully saturated rings. The molecule has 0 saturated carbocycles. The van der Waals surface area contributed by atoms with E-state index in [1.807, 2.05) is 19.2 Å². The summed E-state index contributed by atoms with van der Waals surface area (Å²) in [6, 6.07) is 1.99. The summed E-state index contributed by atoms with van der Waals surface area (Å²) in [6.07, 6.45) is 2.95. The van der Waals surface area contributed by atoms with Crippen molar-refractivity contribution >= 4 is 23.1 Å². The molecule has 6 heteroatoms. The van der Waals surface area contributed by atoms with Crippen LogP contribution in [0.1, 0.15) is 35.5 Å². The number of thiazole rings is 1. The van der Waals surface area contributed by atoms with Crippen LogP contribution in [-0.2, 0) is 6.42 Å². The number of nitrogens with zero attached hydrogens (tertiary/aromatic N) is 3. The monoisotopic (exact) mass is 263 g/mol. The largest absolute Gasteiger partial charge is 0.368 e. The highest BCUT2D eigenvalue weighted by Gasteiger charge is 2.11. The van der Waals surface area contributed by atoms with Gasteiger partial charge in [0, 0.05) is 22.8 Å². The van der Waals surface area contributed by atoms with Gasteiger partial charge in [0.25, 0.3) is 0 Å². The number of rotatable bonds is 4. The minimum absolute atomic E-state index is 0.115. The fourth-order valence-corrected chi connectivity index (χ4v) is 2.49. The molecule has 2 aromatic heterocycles. The van der Waals surface area contributed by atoms with Gasteiger partial charge in [0.15, 0.2) is 0 Å². The molecule has 18 heavy (non-hydrogen) atoms. The molecule has 0 amide bonds. The molecule has 3 N–H and O–H groups in total. The van der Waals surface area contributed by atoms with Crippen molar-refractivity contribution in [2.75, 3.05) is 11.1 Å². The van der Waals surface area contributed by atoms with E-state index < -0.39 is 0 Å². The number of nitrogens with two attached hydrogens (primary N) is 1. The smallest absolute Gasteiger partial charge is 0.222 e. The van der Waals surface area contributed by atoms with E-state index in [9.17, 15) is 0 Å². The van der Waals surface area contributed by atoms with Crippen LogP contribution >= 0.6 is 11.3 Å². The summed E-state index contributed by atoms with van der Waals surface area (Å²) in [5.74, 6) is 1.03. The van der Waals surface area contributed by atoms with Gasteiger partial charge in [-0.15, -0.1) is 11.3 Å². The number of aryl methyl sites for hydroxylation is 2. The Hall–Kier alpha value is -1.69. The first kappa shape index (κ1) is 12.8. The van der Waals surface area contributed by atoms with Gasteiger partial charge in [0.1, 0.15) is 10.8 Å². The summed E-state index contributed by atoms with van der Waals surface area (Å²) in [7, 11) is 0. The third kappa shape index (κ3) is 2.95. The Labute approximate surface area is 111 Å². The van der Waals surface area contributed by atoms with Crippen molar-refractivity contribution in [2.45, 2.75) is 33.2 Å². The van der Waals surface area contributed by atoms with Crippen LogP contribution < -0.4 is 11.1 Å². The Morgan fingerprint density at radius 1 is 1.44 bits per heavy atom. The molecule has 0 saturated heterocycles. The van der Waals surface area contributed by atoms with E-state index in [4.69, 9.17) is 5.73 Å². The highest BCUT2D eigenvalue weighted by molar-refractivity contribution is 7.11. The lowest BCUT2D eigenvalue weighted by atomic mass is 10.3. The zero-order valence-corrected chi connectivity index (χ0v) is 11.6. The Morgan fingerprint density at radius 2 is 2.22 bits per heavy atom. The molecule has 2 rings (SSSR count). The lowest BCUT2D eigenvalue weighted by molar-refractivity contribution is 0.858. The van der Waals surface area contributed by atoms with Gasteiger partial charge in [-0.3, -0.25) is 0 Å². The van der Waals surface area contributed by atoms with Gasteiger partial charge in [-0.1, -0.05) is 6.92 Å². The molecule has 0 aromatic carbocycles. The molecule has 2 aromatic rings. The summed E-state index contributed by atoms with van der Waals surface area (Å²) in [6.45, 7) is 6.09. The minimum atomic E-state index is 0.115. The molecular formula is C12H17N5S. The second-order valence-electron chi connectivity index (χ2n) is 4.14. The van der Waals surface area contributed by atoms with Gasteiger partial charge in [-0.2, -0.15) is 4.98 Å². The number of hydrogen-bond donors (Lipinski definition) is 2. The summed E-state index contributed by atoms with van der Waals surface area (Å²) in [5, 5.41) is 4.35. The minimum Gasteiger partial charge on any atom is -0.368 e. The average molecular weight is 263 g/mol. The first-order valence-electron chi connectivity index (χ1n) is 5.90. The lowest BCUT2D eigenvalue weighted by Gasteiger charge is -2.12. The molecule has 0 spiro atoms. The lowest BCUT2D eigenvalue weighted by Crippen LogP contribution is -2.09. The first-order chi connectivity index (χ1) is 8.58. The van der Waals surface area contributed by atoms with Crippen molar-refractivity contribution in [3.05, 3.63) is 27.8 Å². The Morgan fingerprint density at radius 3 is 2.83 bits per heavy atom. The summed E-state index contributed by atoms with van der Waals surface area (Å²) >= 11 is 1.72. The molecular weight excluding hydrogens is 246 g/mol. The molecule has 0 aliphatic carbocycles. The third-order valence-electron chi connectivity index (χ3n) is 2.53. The van der Waals surface area contributed by atoms with Crippen LogP contribution in [0.5, 0.6) is 0 Å². The van der Waals surface area contributed by atoms with E-state index in [2.05, 4.69) is 34.1 Å². The number of nitrogen functional groups attached to an aromatic ring is 1. The molecule has 1 unspecified atom stereocenters. The molecule has 0 aliphatic heterocycles. The molecule has 5 nitrogen and oxygen atoms in total. The highest BCUT2D eigenvalue weighted by Crippen LogP contribution is 2.23. The Balaban J connectivity index is 2.12. The zero-order chi connectivity index (χ0) is 13.1. The van der Waals surface area contributed by atoms with Gasteiger partial charge >= 0.3 is 0 Å². The first-order valence-corrected chi connectivity index (χ1v) is 6.72. The molecule has 0 radical (unpaired) electrons. The topological polar surface area (TPSA) is 76.7 Å². The standard InChI is InChI=1S/C12H17N5S/c1-4-9-6-14-11(18-9)8(3)16-10-5-7(2)15-12(13)17-10/h5-6,8H,4H2,1-3H3,(H3,13,15,16,17). The van der Waals surface area contributed by atoms with Gasteiger partial charge in [-0.05, 0) is 20.3 Å². The number of hydrogen-bond acceptors (Lipinski definition) is 6. The molecule has 0 aliphatic rings. The van der Waals surface area contributed by atoms with E-state index in [0.717, 1.165) is 22.9 Å². The second kappa shape index (κ2) is 5.30. The maximum absolute atomic E-state index is 5.62. The molecule has 1 atom stereocenters. The van der Waals surface area contributed by atoms with E-state index in [0.29, 0.717) is 0 Å². The van der Waals surface area contributed by atoms with Crippen LogP contribution in [0.4, 0.5) is 11.8 Å². The Kier molecular flexibility index (Phi) is 3.76. The van der Waals surface area contributed by atoms with Crippen molar-refractivity contribution in [1.29, 1.82) is 0 Å². The van der Waals surface area contributed by atoms with Gasteiger partial charge in [0.05, 0.1) is 6.04 Å². The van der Waals surface area contributed by atoms with E-state index in [1.54, 1.807) is 11.3 Å². The van der Waals surface area contributed by atoms with E-state index in [-0.39, 0.29) is 12.0 Å². The number of aromatic nitrogens is 3. The normalized spacial score (nSPS) is 12.4. The van der Waals surface area contributed by atoms with Gasteiger partial charge < -0.3 is 11.1 Å². The SMILES string of the molecule is CCc1cnc(C(C)Nc2cc(C)nc(N)n2)s1. The average Bonchev–Trinajstić information content (AvgIpc) is 2.75. The number of nitrogens with one attached hydrogen (secondary N) is 1. The van der Waals surface area contributed by atoms with Crippen molar-refractivity contribution in [3.63, 3.8) is 0 Å². The molecule has 2 heterocycles. The fourth-order valence-electron chi connectivity index (χ4n) is 1.64. The number of anilines is 2. The predicted octanol–water partition coefficient (Wildman–Crippen LogP) is 2.56. The fraction of sp³-hybridized carbons (Fsp3) is 0.417. The Bertz CT molecular complexity index is 517. The summed E-state index contributed by atoms with van der Waals surface area (Å²) < 4.78 is 0. The van der Waals surface area contributed by atoms with Crippen LogP contribution in [0.25, 0.3) is 0 Å². The third-order valence-corrected chi connectivity index (χ3v) is 3.85. The van der Waals surface area contributed by atoms with Crippen LogP contribution in [0.2, 0.25) is 0 Å².